The van der Waals surface area contributed by atoms with Crippen molar-refractivity contribution >= 4 is 23.0 Å². The minimum absolute atomic E-state index is 0.336. The van der Waals surface area contributed by atoms with E-state index in [1.165, 1.54) is 11.3 Å². The second-order valence-electron chi connectivity index (χ2n) is 4.01. The quantitative estimate of drug-likeness (QED) is 0.896. The lowest BCUT2D eigenvalue weighted by atomic mass is 10.2. The van der Waals surface area contributed by atoms with Crippen LogP contribution in [0.1, 0.15) is 25.7 Å². The summed E-state index contributed by atoms with van der Waals surface area (Å²) in [5.74, 6) is -0.906. The molecule has 0 bridgehead atoms. The van der Waals surface area contributed by atoms with Gasteiger partial charge in [0.2, 0.25) is 0 Å². The number of nitriles is 1. The number of anilines is 1. The van der Waals surface area contributed by atoms with Gasteiger partial charge < -0.3 is 10.4 Å². The number of benzene rings is 1. The van der Waals surface area contributed by atoms with Crippen LogP contribution in [-0.4, -0.2) is 11.1 Å². The average molecular weight is 272 g/mol. The summed E-state index contributed by atoms with van der Waals surface area (Å²) in [6, 6.07) is 11.0. The van der Waals surface area contributed by atoms with Gasteiger partial charge in [-0.2, -0.15) is 5.26 Å². The molecule has 2 N–H and O–H groups in total. The molecule has 1 heterocycles. The number of hydrogen-bond acceptors (Lipinski definition) is 4. The summed E-state index contributed by atoms with van der Waals surface area (Å²) in [4.78, 5) is 12.2. The molecular weight excluding hydrogens is 260 g/mol. The van der Waals surface area contributed by atoms with E-state index >= 15 is 0 Å². The summed E-state index contributed by atoms with van der Waals surface area (Å²) in [5, 5.41) is 21.1. The normalized spacial score (nSPS) is 9.89. The Morgan fingerprint density at radius 1 is 1.47 bits per heavy atom. The van der Waals surface area contributed by atoms with Crippen LogP contribution in [0.15, 0.2) is 30.3 Å². The Morgan fingerprint density at radius 2 is 2.21 bits per heavy atom. The Morgan fingerprint density at radius 3 is 2.84 bits per heavy atom. The fourth-order valence-electron chi connectivity index (χ4n) is 1.73. The van der Waals surface area contributed by atoms with Crippen molar-refractivity contribution in [1.82, 2.24) is 0 Å². The minimum atomic E-state index is -0.906. The number of aromatic carboxylic acids is 1. The number of rotatable bonds is 4. The van der Waals surface area contributed by atoms with Crippen molar-refractivity contribution in [3.8, 4) is 6.07 Å². The van der Waals surface area contributed by atoms with Crippen molar-refractivity contribution in [2.45, 2.75) is 13.5 Å². The van der Waals surface area contributed by atoms with Gasteiger partial charge in [-0.15, -0.1) is 11.3 Å². The average Bonchev–Trinajstić information content (AvgIpc) is 2.78. The maximum atomic E-state index is 10.9. The molecule has 19 heavy (non-hydrogen) atoms. The van der Waals surface area contributed by atoms with E-state index in [1.807, 2.05) is 25.1 Å². The maximum absolute atomic E-state index is 10.9. The monoisotopic (exact) mass is 272 g/mol. The van der Waals surface area contributed by atoms with Crippen LogP contribution < -0.4 is 5.32 Å². The van der Waals surface area contributed by atoms with Gasteiger partial charge >= 0.3 is 5.97 Å². The van der Waals surface area contributed by atoms with E-state index in [9.17, 15) is 4.79 Å². The molecule has 4 nitrogen and oxygen atoms in total. The van der Waals surface area contributed by atoms with Gasteiger partial charge in [-0.05, 0) is 30.7 Å². The van der Waals surface area contributed by atoms with Crippen LogP contribution in [0.3, 0.4) is 0 Å². The highest BCUT2D eigenvalue weighted by Gasteiger charge is 2.11. The summed E-state index contributed by atoms with van der Waals surface area (Å²) in [7, 11) is 0. The molecule has 2 aromatic rings. The Balaban J connectivity index is 2.15. The highest BCUT2D eigenvalue weighted by molar-refractivity contribution is 7.14. The summed E-state index contributed by atoms with van der Waals surface area (Å²) in [6.45, 7) is 2.40. The van der Waals surface area contributed by atoms with Gasteiger partial charge in [0.15, 0.2) is 0 Å². The number of carboxylic acids is 1. The molecule has 0 spiro atoms. The fourth-order valence-corrected chi connectivity index (χ4v) is 2.61. The van der Waals surface area contributed by atoms with E-state index < -0.39 is 5.97 Å². The number of hydrogen-bond donors (Lipinski definition) is 2. The van der Waals surface area contributed by atoms with Crippen LogP contribution >= 0.6 is 11.3 Å². The molecule has 0 aliphatic heterocycles. The van der Waals surface area contributed by atoms with E-state index in [0.29, 0.717) is 17.0 Å². The first-order valence-corrected chi connectivity index (χ1v) is 6.49. The van der Waals surface area contributed by atoms with Crippen molar-refractivity contribution in [2.24, 2.45) is 0 Å². The van der Waals surface area contributed by atoms with Crippen LogP contribution in [0.5, 0.6) is 0 Å². The Hall–Kier alpha value is -2.32. The lowest BCUT2D eigenvalue weighted by molar-refractivity contribution is 0.0702. The predicted octanol–water partition coefficient (Wildman–Crippen LogP) is 3.24. The second kappa shape index (κ2) is 5.55. The molecule has 2 rings (SSSR count). The lowest BCUT2D eigenvalue weighted by Gasteiger charge is -2.07. The summed E-state index contributed by atoms with van der Waals surface area (Å²) >= 11 is 1.26. The third-order valence-electron chi connectivity index (χ3n) is 2.75. The van der Waals surface area contributed by atoms with Crippen molar-refractivity contribution in [3.05, 3.63) is 51.2 Å². The number of carboxylic acid groups (broad SMARTS) is 1. The van der Waals surface area contributed by atoms with Crippen molar-refractivity contribution < 1.29 is 9.90 Å². The van der Waals surface area contributed by atoms with E-state index in [0.717, 1.165) is 16.1 Å². The van der Waals surface area contributed by atoms with Gasteiger partial charge in [-0.3, -0.25) is 0 Å². The number of aryl methyl sites for hydroxylation is 1. The van der Waals surface area contributed by atoms with Crippen LogP contribution in [0.2, 0.25) is 0 Å². The van der Waals surface area contributed by atoms with Gasteiger partial charge in [0, 0.05) is 11.4 Å². The third-order valence-corrected chi connectivity index (χ3v) is 3.83. The Kier molecular flexibility index (Phi) is 3.83. The number of thiophene rings is 1. The van der Waals surface area contributed by atoms with Crippen molar-refractivity contribution in [3.63, 3.8) is 0 Å². The molecule has 0 saturated carbocycles. The van der Waals surface area contributed by atoms with Gasteiger partial charge in [0.05, 0.1) is 11.3 Å². The highest BCUT2D eigenvalue weighted by Crippen LogP contribution is 2.23. The topological polar surface area (TPSA) is 73.1 Å². The second-order valence-corrected chi connectivity index (χ2v) is 5.26. The maximum Gasteiger partial charge on any atom is 0.345 e. The Bertz CT molecular complexity index is 656. The van der Waals surface area contributed by atoms with Gasteiger partial charge in [0.25, 0.3) is 0 Å². The highest BCUT2D eigenvalue weighted by atomic mass is 32.1. The molecular formula is C14H12N2O2S. The molecule has 0 saturated heterocycles. The Labute approximate surface area is 114 Å². The van der Waals surface area contributed by atoms with Gasteiger partial charge in [0.1, 0.15) is 10.9 Å². The molecule has 0 unspecified atom stereocenters. The first-order valence-electron chi connectivity index (χ1n) is 5.67. The predicted molar refractivity (Wildman–Crippen MR) is 74.5 cm³/mol. The van der Waals surface area contributed by atoms with Gasteiger partial charge in [-0.1, -0.05) is 12.1 Å². The first-order chi connectivity index (χ1) is 9.11. The van der Waals surface area contributed by atoms with E-state index in [4.69, 9.17) is 10.4 Å². The molecule has 1 aromatic heterocycles. The van der Waals surface area contributed by atoms with E-state index in [1.54, 1.807) is 12.1 Å². The molecule has 0 radical (unpaired) electrons. The molecule has 0 aliphatic rings. The molecule has 96 valence electrons. The zero-order valence-electron chi connectivity index (χ0n) is 10.3. The van der Waals surface area contributed by atoms with E-state index in [2.05, 4.69) is 11.4 Å². The van der Waals surface area contributed by atoms with Crippen LogP contribution in [0.25, 0.3) is 0 Å². The van der Waals surface area contributed by atoms with Gasteiger partial charge in [-0.25, -0.2) is 4.79 Å². The van der Waals surface area contributed by atoms with Crippen LogP contribution in [0, 0.1) is 18.3 Å². The van der Waals surface area contributed by atoms with Crippen LogP contribution in [0.4, 0.5) is 5.69 Å². The molecule has 0 aliphatic carbocycles. The smallest absolute Gasteiger partial charge is 0.345 e. The SMILES string of the molecule is Cc1sc(C(=O)O)cc1CNc1ccccc1C#N. The molecule has 0 fully saturated rings. The zero-order chi connectivity index (χ0) is 13.8. The lowest BCUT2D eigenvalue weighted by Crippen LogP contribution is -2.01. The molecule has 0 atom stereocenters. The van der Waals surface area contributed by atoms with Crippen molar-refractivity contribution in [2.75, 3.05) is 5.32 Å². The first kappa shape index (κ1) is 13.1. The fraction of sp³-hybridized carbons (Fsp3) is 0.143. The summed E-state index contributed by atoms with van der Waals surface area (Å²) < 4.78 is 0. The zero-order valence-corrected chi connectivity index (χ0v) is 11.1. The number of para-hydroxylation sites is 1. The van der Waals surface area contributed by atoms with Crippen molar-refractivity contribution in [1.29, 1.82) is 5.26 Å². The van der Waals surface area contributed by atoms with E-state index in [-0.39, 0.29) is 0 Å². The largest absolute Gasteiger partial charge is 0.477 e. The molecule has 1 aromatic carbocycles. The van der Waals surface area contributed by atoms with Crippen LogP contribution in [-0.2, 0) is 6.54 Å². The number of carbonyl (C=O) groups is 1. The number of nitrogens with zero attached hydrogens (tertiary/aromatic N) is 1. The molecule has 5 heteroatoms. The number of nitrogens with one attached hydrogen (secondary N) is 1. The summed E-state index contributed by atoms with van der Waals surface area (Å²) in [5.41, 5.74) is 2.27. The molecule has 0 amide bonds. The summed E-state index contributed by atoms with van der Waals surface area (Å²) in [6.07, 6.45) is 0. The standard InChI is InChI=1S/C14H12N2O2S/c1-9-11(6-13(19-9)14(17)18)8-16-12-5-3-2-4-10(12)7-15/h2-6,16H,8H2,1H3,(H,17,18). The minimum Gasteiger partial charge on any atom is -0.477 e. The third kappa shape index (κ3) is 2.92.